The third-order valence-corrected chi connectivity index (χ3v) is 3.41. The molecule has 0 N–H and O–H groups in total. The van der Waals surface area contributed by atoms with Crippen molar-refractivity contribution in [3.63, 3.8) is 0 Å². The zero-order valence-electron chi connectivity index (χ0n) is 12.1. The molecule has 22 heavy (non-hydrogen) atoms. The topological polar surface area (TPSA) is 65.1 Å². The van der Waals surface area contributed by atoms with Gasteiger partial charge in [-0.1, -0.05) is 6.08 Å². The lowest BCUT2D eigenvalue weighted by molar-refractivity contribution is -0.139. The number of nitrogens with zero attached hydrogens (tertiary/aromatic N) is 1. The highest BCUT2D eigenvalue weighted by atomic mass is 16.7. The average molecular weight is 301 g/mol. The molecule has 0 spiro atoms. The van der Waals surface area contributed by atoms with Crippen LogP contribution >= 0.6 is 0 Å². The first-order valence-electron chi connectivity index (χ1n) is 6.87. The molecule has 2 amide bonds. The van der Waals surface area contributed by atoms with Crippen molar-refractivity contribution < 1.29 is 23.8 Å². The number of hydrogen-bond donors (Lipinski definition) is 0. The zero-order valence-corrected chi connectivity index (χ0v) is 12.1. The monoisotopic (exact) mass is 301 g/mol. The number of fused-ring (bicyclic) bond motifs is 1. The van der Waals surface area contributed by atoms with Crippen molar-refractivity contribution in [1.82, 2.24) is 4.90 Å². The number of amides is 2. The molecule has 0 saturated heterocycles. The van der Waals surface area contributed by atoms with Crippen molar-refractivity contribution in [1.29, 1.82) is 0 Å². The SMILES string of the molecule is COc1cc(C=CC(=O)N2CCC=CC2=O)cc2c1OCO2. The van der Waals surface area contributed by atoms with E-state index in [4.69, 9.17) is 14.2 Å². The van der Waals surface area contributed by atoms with Gasteiger partial charge >= 0.3 is 0 Å². The highest BCUT2D eigenvalue weighted by molar-refractivity contribution is 6.06. The van der Waals surface area contributed by atoms with E-state index in [1.54, 1.807) is 24.3 Å². The van der Waals surface area contributed by atoms with Gasteiger partial charge in [0.05, 0.1) is 7.11 Å². The van der Waals surface area contributed by atoms with Crippen molar-refractivity contribution in [2.75, 3.05) is 20.4 Å². The minimum absolute atomic E-state index is 0.145. The molecule has 0 atom stereocenters. The van der Waals surface area contributed by atoms with E-state index in [-0.39, 0.29) is 18.6 Å². The molecule has 0 radical (unpaired) electrons. The Labute approximate surface area is 127 Å². The summed E-state index contributed by atoms with van der Waals surface area (Å²) in [6.07, 6.45) is 6.85. The molecule has 0 saturated carbocycles. The van der Waals surface area contributed by atoms with E-state index in [1.807, 2.05) is 0 Å². The first-order valence-corrected chi connectivity index (χ1v) is 6.87. The fourth-order valence-corrected chi connectivity index (χ4v) is 2.31. The van der Waals surface area contributed by atoms with E-state index >= 15 is 0 Å². The van der Waals surface area contributed by atoms with Gasteiger partial charge in [0.15, 0.2) is 11.5 Å². The summed E-state index contributed by atoms with van der Waals surface area (Å²) in [4.78, 5) is 24.9. The van der Waals surface area contributed by atoms with Crippen LogP contribution in [0.2, 0.25) is 0 Å². The quantitative estimate of drug-likeness (QED) is 0.796. The second kappa shape index (κ2) is 5.93. The third-order valence-electron chi connectivity index (χ3n) is 3.41. The van der Waals surface area contributed by atoms with E-state index in [1.165, 1.54) is 24.2 Å². The maximum Gasteiger partial charge on any atom is 0.253 e. The van der Waals surface area contributed by atoms with Crippen LogP contribution in [0.25, 0.3) is 6.08 Å². The summed E-state index contributed by atoms with van der Waals surface area (Å²) >= 11 is 0. The zero-order chi connectivity index (χ0) is 15.5. The molecule has 2 aliphatic heterocycles. The lowest BCUT2D eigenvalue weighted by Crippen LogP contribution is -2.37. The van der Waals surface area contributed by atoms with Crippen LogP contribution in [0.15, 0.2) is 30.4 Å². The summed E-state index contributed by atoms with van der Waals surface area (Å²) in [5.41, 5.74) is 0.731. The molecule has 6 nitrogen and oxygen atoms in total. The number of carbonyl (C=O) groups is 2. The van der Waals surface area contributed by atoms with E-state index in [0.717, 1.165) is 5.56 Å². The number of rotatable bonds is 3. The number of imide groups is 1. The molecule has 114 valence electrons. The van der Waals surface area contributed by atoms with Crippen molar-refractivity contribution in [3.8, 4) is 17.2 Å². The summed E-state index contributed by atoms with van der Waals surface area (Å²) in [5, 5.41) is 0. The van der Waals surface area contributed by atoms with Gasteiger partial charge in [-0.25, -0.2) is 0 Å². The van der Waals surface area contributed by atoms with Gasteiger partial charge in [0, 0.05) is 12.6 Å². The standard InChI is InChI=1S/C16H15NO5/c1-20-12-8-11(9-13-16(12)22-10-21-13)5-6-15(19)17-7-3-2-4-14(17)18/h2,4-6,8-9H,3,7,10H2,1H3. The highest BCUT2D eigenvalue weighted by Crippen LogP contribution is 2.42. The predicted molar refractivity (Wildman–Crippen MR) is 78.6 cm³/mol. The van der Waals surface area contributed by atoms with Crippen LogP contribution in [0.4, 0.5) is 0 Å². The highest BCUT2D eigenvalue weighted by Gasteiger charge is 2.21. The summed E-state index contributed by atoms with van der Waals surface area (Å²) in [6.45, 7) is 0.551. The fourth-order valence-electron chi connectivity index (χ4n) is 2.31. The average Bonchev–Trinajstić information content (AvgIpc) is 3.00. The van der Waals surface area contributed by atoms with Gasteiger partial charge in [0.2, 0.25) is 12.5 Å². The van der Waals surface area contributed by atoms with Crippen LogP contribution in [0.3, 0.4) is 0 Å². The second-order valence-electron chi connectivity index (χ2n) is 4.81. The summed E-state index contributed by atoms with van der Waals surface area (Å²) in [7, 11) is 1.54. The van der Waals surface area contributed by atoms with Gasteiger partial charge in [0.25, 0.3) is 11.8 Å². The van der Waals surface area contributed by atoms with E-state index in [2.05, 4.69) is 0 Å². The van der Waals surface area contributed by atoms with Gasteiger partial charge in [-0.2, -0.15) is 0 Å². The van der Waals surface area contributed by atoms with Gasteiger partial charge in [-0.15, -0.1) is 0 Å². The van der Waals surface area contributed by atoms with Crippen LogP contribution < -0.4 is 14.2 Å². The number of benzene rings is 1. The number of carbonyl (C=O) groups excluding carboxylic acids is 2. The van der Waals surface area contributed by atoms with E-state index < -0.39 is 0 Å². The first-order chi connectivity index (χ1) is 10.7. The van der Waals surface area contributed by atoms with Gasteiger partial charge < -0.3 is 14.2 Å². The molecule has 1 aromatic rings. The van der Waals surface area contributed by atoms with Crippen molar-refractivity contribution in [2.24, 2.45) is 0 Å². The maximum absolute atomic E-state index is 12.1. The van der Waals surface area contributed by atoms with Gasteiger partial charge in [0.1, 0.15) is 0 Å². The fraction of sp³-hybridized carbons (Fsp3) is 0.250. The Morgan fingerprint density at radius 1 is 1.36 bits per heavy atom. The molecular weight excluding hydrogens is 286 g/mol. The van der Waals surface area contributed by atoms with E-state index in [0.29, 0.717) is 30.2 Å². The van der Waals surface area contributed by atoms with E-state index in [9.17, 15) is 9.59 Å². The predicted octanol–water partition coefficient (Wildman–Crippen LogP) is 1.75. The Hall–Kier alpha value is -2.76. The first kappa shape index (κ1) is 14.2. The minimum atomic E-state index is -0.342. The molecule has 0 aliphatic carbocycles. The Kier molecular flexibility index (Phi) is 3.82. The van der Waals surface area contributed by atoms with Crippen molar-refractivity contribution in [3.05, 3.63) is 35.9 Å². The Morgan fingerprint density at radius 2 is 2.23 bits per heavy atom. The van der Waals surface area contributed by atoms with Crippen LogP contribution in [0.1, 0.15) is 12.0 Å². The Balaban J connectivity index is 1.79. The molecule has 6 heteroatoms. The number of hydrogen-bond acceptors (Lipinski definition) is 5. The molecule has 0 unspecified atom stereocenters. The van der Waals surface area contributed by atoms with Crippen LogP contribution in [0.5, 0.6) is 17.2 Å². The summed E-state index contributed by atoms with van der Waals surface area (Å²) < 4.78 is 15.9. The molecule has 1 aromatic carbocycles. The Morgan fingerprint density at radius 3 is 3.00 bits per heavy atom. The molecule has 0 bridgehead atoms. The Bertz CT molecular complexity index is 677. The molecule has 0 aromatic heterocycles. The molecule has 2 aliphatic rings. The normalized spacial score (nSPS) is 16.4. The molecule has 3 rings (SSSR count). The molecular formula is C16H15NO5. The largest absolute Gasteiger partial charge is 0.493 e. The van der Waals surface area contributed by atoms with Crippen molar-refractivity contribution >= 4 is 17.9 Å². The minimum Gasteiger partial charge on any atom is -0.493 e. The maximum atomic E-state index is 12.1. The number of methoxy groups -OCH3 is 1. The lowest BCUT2D eigenvalue weighted by atomic mass is 10.1. The lowest BCUT2D eigenvalue weighted by Gasteiger charge is -2.19. The third kappa shape index (κ3) is 2.67. The smallest absolute Gasteiger partial charge is 0.253 e. The van der Waals surface area contributed by atoms with Gasteiger partial charge in [-0.05, 0) is 36.3 Å². The van der Waals surface area contributed by atoms with Crippen LogP contribution in [-0.4, -0.2) is 37.2 Å². The van der Waals surface area contributed by atoms with Crippen LogP contribution in [0, 0.1) is 0 Å². The number of ether oxygens (including phenoxy) is 3. The second-order valence-corrected chi connectivity index (χ2v) is 4.81. The molecule has 2 heterocycles. The molecule has 0 fully saturated rings. The van der Waals surface area contributed by atoms with Gasteiger partial charge in [-0.3, -0.25) is 14.5 Å². The van der Waals surface area contributed by atoms with Crippen LogP contribution in [-0.2, 0) is 9.59 Å². The summed E-state index contributed by atoms with van der Waals surface area (Å²) in [5.74, 6) is 1.04. The van der Waals surface area contributed by atoms with Crippen molar-refractivity contribution in [2.45, 2.75) is 6.42 Å². The summed E-state index contributed by atoms with van der Waals surface area (Å²) in [6, 6.07) is 3.50.